The van der Waals surface area contributed by atoms with E-state index < -0.39 is 72.1 Å². The topological polar surface area (TPSA) is 209 Å². The highest BCUT2D eigenvalue weighted by Gasteiger charge is 2.39. The van der Waals surface area contributed by atoms with Gasteiger partial charge in [0.25, 0.3) is 0 Å². The summed E-state index contributed by atoms with van der Waals surface area (Å²) in [5.74, 6) is -2.00. The minimum absolute atomic E-state index is 0. The molecule has 0 radical (unpaired) electrons. The van der Waals surface area contributed by atoms with Gasteiger partial charge in [-0.1, -0.05) is 153 Å². The predicted octanol–water partition coefficient (Wildman–Crippen LogP) is 4.88. The molecule has 0 bridgehead atoms. The highest BCUT2D eigenvalue weighted by Crippen LogP contribution is 2.31. The van der Waals surface area contributed by atoms with Crippen molar-refractivity contribution < 1.29 is 29.4 Å². The molecule has 2 aromatic rings. The molecular formula is C46H74Cl2N6O6. The highest BCUT2D eigenvalue weighted by molar-refractivity contribution is 5.91. The molecule has 2 aromatic carbocycles. The summed E-state index contributed by atoms with van der Waals surface area (Å²) in [5, 5.41) is 36.0. The van der Waals surface area contributed by atoms with Crippen LogP contribution in [0, 0.1) is 23.7 Å². The lowest BCUT2D eigenvalue weighted by Crippen LogP contribution is -2.62. The number of aliphatic hydroxyl groups is 2. The van der Waals surface area contributed by atoms with Gasteiger partial charge in [-0.3, -0.25) is 19.2 Å². The van der Waals surface area contributed by atoms with E-state index in [4.69, 9.17) is 11.5 Å². The fourth-order valence-corrected chi connectivity index (χ4v) is 8.66. The van der Waals surface area contributed by atoms with Crippen LogP contribution in [0.1, 0.15) is 116 Å². The molecule has 4 rings (SSSR count). The molecule has 14 heteroatoms. The van der Waals surface area contributed by atoms with E-state index in [9.17, 15) is 29.4 Å². The van der Waals surface area contributed by atoms with Crippen molar-refractivity contribution in [2.24, 2.45) is 35.1 Å². The summed E-state index contributed by atoms with van der Waals surface area (Å²) in [6, 6.07) is 13.6. The first kappa shape index (κ1) is 52.9. The maximum Gasteiger partial charge on any atom is 0.243 e. The molecule has 10 N–H and O–H groups in total. The van der Waals surface area contributed by atoms with Gasteiger partial charge < -0.3 is 42.9 Å². The van der Waals surface area contributed by atoms with E-state index in [0.717, 1.165) is 75.3 Å². The SMILES string of the molecule is CC(C)[C@H](NC(=O)[C@@H](N)Cc1ccccc1)C(=O)N[C@@H](CC1CCCCC1)[C@H](O)[C@@H](O)[C@H](CC1CCCCC1)NC(=O)[C@@H](NC(=O)[C@@H](N)Cc1ccccc1)C(C)C.Cl.Cl. The molecule has 8 atom stereocenters. The fourth-order valence-electron chi connectivity index (χ4n) is 8.66. The van der Waals surface area contributed by atoms with Gasteiger partial charge >= 0.3 is 0 Å². The maximum atomic E-state index is 14.1. The molecule has 12 nitrogen and oxygen atoms in total. The standard InChI is InChI=1S/C46H72N6O6.2ClH/c1-29(2)39(51-43(55)35(47)25-31-17-9-5-10-18-31)45(57)49-37(27-33-21-13-7-14-22-33)41(53)42(54)38(28-34-23-15-8-16-24-34)50-46(58)40(30(3)4)52-44(56)36(48)26-32-19-11-6-12-20-32;;/h5-6,9-12,17-20,29-30,33-42,53-54H,7-8,13-16,21-28,47-48H2,1-4H3,(H,49,57)(H,50,58)(H,51,55)(H,52,56);2*1H/t35-,36-,37-,38-,39-,40-,41-,42-;;/m0../s1. The number of hydrogen-bond acceptors (Lipinski definition) is 8. The molecule has 2 saturated carbocycles. The van der Waals surface area contributed by atoms with Crippen LogP contribution in [-0.2, 0) is 32.0 Å². The number of carbonyl (C=O) groups is 4. The summed E-state index contributed by atoms with van der Waals surface area (Å²) in [4.78, 5) is 54.8. The van der Waals surface area contributed by atoms with Crippen LogP contribution >= 0.6 is 24.8 Å². The zero-order valence-corrected chi connectivity index (χ0v) is 37.7. The van der Waals surface area contributed by atoms with E-state index in [1.807, 2.05) is 88.4 Å². The second kappa shape index (κ2) is 26.9. The van der Waals surface area contributed by atoms with Crippen molar-refractivity contribution in [3.8, 4) is 0 Å². The molecule has 2 aliphatic rings. The Hall–Kier alpha value is -3.26. The van der Waals surface area contributed by atoms with Crippen LogP contribution in [0.3, 0.4) is 0 Å². The van der Waals surface area contributed by atoms with Gasteiger partial charge in [-0.05, 0) is 60.5 Å². The number of rotatable bonds is 21. The van der Waals surface area contributed by atoms with Crippen LogP contribution in [0.2, 0.25) is 0 Å². The first-order valence-corrected chi connectivity index (χ1v) is 21.9. The zero-order valence-electron chi connectivity index (χ0n) is 36.1. The third kappa shape index (κ3) is 16.9. The molecule has 0 heterocycles. The molecule has 2 aliphatic carbocycles. The van der Waals surface area contributed by atoms with Crippen LogP contribution in [0.4, 0.5) is 0 Å². The third-order valence-corrected chi connectivity index (χ3v) is 12.2. The van der Waals surface area contributed by atoms with Gasteiger partial charge in [0.1, 0.15) is 24.3 Å². The Balaban J connectivity index is 0.00000620. The lowest BCUT2D eigenvalue weighted by Gasteiger charge is -2.38. The zero-order chi connectivity index (χ0) is 42.2. The van der Waals surface area contributed by atoms with Crippen LogP contribution in [-0.4, -0.2) is 82.3 Å². The van der Waals surface area contributed by atoms with Gasteiger partial charge in [0.2, 0.25) is 23.6 Å². The number of benzene rings is 2. The number of halogens is 2. The number of nitrogens with two attached hydrogens (primary N) is 2. The summed E-state index contributed by atoms with van der Waals surface area (Å²) in [6.45, 7) is 7.34. The minimum Gasteiger partial charge on any atom is -0.388 e. The first-order valence-electron chi connectivity index (χ1n) is 21.9. The lowest BCUT2D eigenvalue weighted by atomic mass is 9.80. The Morgan fingerprint density at radius 1 is 0.533 bits per heavy atom. The van der Waals surface area contributed by atoms with Gasteiger partial charge in [0.05, 0.1) is 24.2 Å². The van der Waals surface area contributed by atoms with Gasteiger partial charge in [-0.25, -0.2) is 0 Å². The Labute approximate surface area is 370 Å². The average Bonchev–Trinajstić information content (AvgIpc) is 3.21. The quantitative estimate of drug-likeness (QED) is 0.0865. The summed E-state index contributed by atoms with van der Waals surface area (Å²) >= 11 is 0. The Kier molecular flexibility index (Phi) is 23.7. The summed E-state index contributed by atoms with van der Waals surface area (Å²) in [7, 11) is 0. The molecule has 0 aromatic heterocycles. The molecule has 0 spiro atoms. The first-order chi connectivity index (χ1) is 27.7. The van der Waals surface area contributed by atoms with Crippen molar-refractivity contribution in [3.63, 3.8) is 0 Å². The second-order valence-corrected chi connectivity index (χ2v) is 17.7. The van der Waals surface area contributed by atoms with Gasteiger partial charge in [-0.2, -0.15) is 0 Å². The van der Waals surface area contributed by atoms with Crippen molar-refractivity contribution >= 4 is 48.4 Å². The van der Waals surface area contributed by atoms with E-state index in [2.05, 4.69) is 21.3 Å². The van der Waals surface area contributed by atoms with Crippen molar-refractivity contribution in [1.82, 2.24) is 21.3 Å². The number of hydrogen-bond donors (Lipinski definition) is 8. The van der Waals surface area contributed by atoms with E-state index in [1.54, 1.807) is 0 Å². The van der Waals surface area contributed by atoms with Gasteiger partial charge in [-0.15, -0.1) is 24.8 Å². The van der Waals surface area contributed by atoms with Gasteiger partial charge in [0.15, 0.2) is 0 Å². The second-order valence-electron chi connectivity index (χ2n) is 17.7. The normalized spacial score (nSPS) is 18.9. The largest absolute Gasteiger partial charge is 0.388 e. The fraction of sp³-hybridized carbons (Fsp3) is 0.652. The number of carbonyl (C=O) groups excluding carboxylic acids is 4. The summed E-state index contributed by atoms with van der Waals surface area (Å²) < 4.78 is 0. The minimum atomic E-state index is -1.44. The van der Waals surface area contributed by atoms with Crippen molar-refractivity contribution in [3.05, 3.63) is 71.8 Å². The molecule has 0 unspecified atom stereocenters. The summed E-state index contributed by atoms with van der Waals surface area (Å²) in [5.41, 5.74) is 14.4. The van der Waals surface area contributed by atoms with E-state index in [-0.39, 0.29) is 48.5 Å². The van der Waals surface area contributed by atoms with Crippen LogP contribution < -0.4 is 32.7 Å². The van der Waals surface area contributed by atoms with Crippen molar-refractivity contribution in [2.75, 3.05) is 0 Å². The smallest absolute Gasteiger partial charge is 0.243 e. The van der Waals surface area contributed by atoms with E-state index in [0.29, 0.717) is 25.7 Å². The van der Waals surface area contributed by atoms with Crippen LogP contribution in [0.15, 0.2) is 60.7 Å². The third-order valence-electron chi connectivity index (χ3n) is 12.2. The average molecular weight is 878 g/mol. The highest BCUT2D eigenvalue weighted by atomic mass is 35.5. The molecule has 4 amide bonds. The number of amides is 4. The molecule has 0 saturated heterocycles. The van der Waals surface area contributed by atoms with E-state index >= 15 is 0 Å². The molecule has 2 fully saturated rings. The molecular weight excluding hydrogens is 803 g/mol. The van der Waals surface area contributed by atoms with Gasteiger partial charge in [0, 0.05) is 0 Å². The number of nitrogens with one attached hydrogen (secondary N) is 4. The molecule has 0 aliphatic heterocycles. The molecule has 60 heavy (non-hydrogen) atoms. The van der Waals surface area contributed by atoms with Crippen LogP contribution in [0.5, 0.6) is 0 Å². The Morgan fingerprint density at radius 2 is 0.850 bits per heavy atom. The van der Waals surface area contributed by atoms with E-state index in [1.165, 1.54) is 0 Å². The molecule has 338 valence electrons. The Bertz CT molecular complexity index is 1450. The summed E-state index contributed by atoms with van der Waals surface area (Å²) in [6.07, 6.45) is 8.84. The van der Waals surface area contributed by atoms with Crippen molar-refractivity contribution in [2.45, 2.75) is 166 Å². The number of aliphatic hydroxyl groups excluding tert-OH is 2. The maximum absolute atomic E-state index is 14.1. The Morgan fingerprint density at radius 3 is 1.15 bits per heavy atom. The predicted molar refractivity (Wildman–Crippen MR) is 243 cm³/mol. The monoisotopic (exact) mass is 877 g/mol. The lowest BCUT2D eigenvalue weighted by molar-refractivity contribution is -0.133. The van der Waals surface area contributed by atoms with Crippen molar-refractivity contribution in [1.29, 1.82) is 0 Å². The van der Waals surface area contributed by atoms with Crippen LogP contribution in [0.25, 0.3) is 0 Å².